The van der Waals surface area contributed by atoms with Gasteiger partial charge in [0.2, 0.25) is 0 Å². The van der Waals surface area contributed by atoms with Gasteiger partial charge in [-0.05, 0) is 44.2 Å². The summed E-state index contributed by atoms with van der Waals surface area (Å²) in [6.45, 7) is 2.92. The number of imidazole rings is 1. The molecule has 0 bridgehead atoms. The molecule has 6 nitrogen and oxygen atoms in total. The molecule has 3 aromatic rings. The van der Waals surface area contributed by atoms with E-state index >= 15 is 0 Å². The van der Waals surface area contributed by atoms with E-state index in [0.717, 1.165) is 61.4 Å². The lowest BCUT2D eigenvalue weighted by Crippen LogP contribution is -2.61. The molecular weight excluding hydrogens is 443 g/mol. The van der Waals surface area contributed by atoms with Gasteiger partial charge in [0, 0.05) is 37.2 Å². The minimum absolute atomic E-state index is 0.0264. The fourth-order valence-electron chi connectivity index (χ4n) is 6.13. The Morgan fingerprint density at radius 3 is 2.68 bits per heavy atom. The molecule has 178 valence electrons. The highest BCUT2D eigenvalue weighted by Crippen LogP contribution is 2.49. The third kappa shape index (κ3) is 3.02. The maximum Gasteiger partial charge on any atom is 0.198 e. The van der Waals surface area contributed by atoms with Gasteiger partial charge < -0.3 is 4.57 Å². The number of carbonyl (C=O) groups excluding carboxylic acids is 1. The first-order valence-corrected chi connectivity index (χ1v) is 12.0. The molecular formula is C25H26F3N5O. The van der Waals surface area contributed by atoms with Crippen LogP contribution in [0.3, 0.4) is 0 Å². The maximum absolute atomic E-state index is 14.0. The van der Waals surface area contributed by atoms with Gasteiger partial charge in [-0.25, -0.2) is 18.2 Å². The zero-order valence-electron chi connectivity index (χ0n) is 19.2. The molecule has 2 unspecified atom stereocenters. The van der Waals surface area contributed by atoms with Crippen LogP contribution in [0.4, 0.5) is 13.2 Å². The number of Topliss-reactive ketones (excluding diaryl/α,β-unsaturated/α-hetero) is 1. The van der Waals surface area contributed by atoms with E-state index in [9.17, 15) is 18.0 Å². The summed E-state index contributed by atoms with van der Waals surface area (Å²) in [5, 5.41) is 4.69. The first-order valence-electron chi connectivity index (χ1n) is 12.0. The normalized spacial score (nSPS) is 23.7. The van der Waals surface area contributed by atoms with E-state index in [2.05, 4.69) is 21.4 Å². The highest BCUT2D eigenvalue weighted by molar-refractivity contribution is 5.99. The lowest BCUT2D eigenvalue weighted by atomic mass is 9.77. The number of hydrogen-bond acceptors (Lipinski definition) is 4. The highest BCUT2D eigenvalue weighted by Gasteiger charge is 2.52. The Kier molecular flexibility index (Phi) is 4.95. The molecule has 1 saturated heterocycles. The molecule has 3 aliphatic rings. The lowest BCUT2D eigenvalue weighted by Gasteiger charge is -2.54. The SMILES string of the molecule is CCC1Cc2c(nn(C)c2-c2cc(F)c(F)c(F)c2)[C@H]2CC(C(=O)c3cnc4n3CCCC4)N12. The summed E-state index contributed by atoms with van der Waals surface area (Å²) < 4.78 is 45.2. The maximum atomic E-state index is 14.0. The Bertz CT molecular complexity index is 1290. The molecule has 0 aliphatic carbocycles. The van der Waals surface area contributed by atoms with Crippen LogP contribution >= 0.6 is 0 Å². The van der Waals surface area contributed by atoms with Crippen LogP contribution in [0.25, 0.3) is 11.3 Å². The van der Waals surface area contributed by atoms with Crippen molar-refractivity contribution < 1.29 is 18.0 Å². The van der Waals surface area contributed by atoms with Crippen molar-refractivity contribution in [3.63, 3.8) is 0 Å². The second-order valence-electron chi connectivity index (χ2n) is 9.60. The van der Waals surface area contributed by atoms with Crippen molar-refractivity contribution in [3.05, 3.63) is 58.6 Å². The molecule has 34 heavy (non-hydrogen) atoms. The van der Waals surface area contributed by atoms with Gasteiger partial charge in [0.15, 0.2) is 23.2 Å². The predicted octanol–water partition coefficient (Wildman–Crippen LogP) is 4.37. The second kappa shape index (κ2) is 7.80. The smallest absolute Gasteiger partial charge is 0.198 e. The van der Waals surface area contributed by atoms with E-state index in [-0.39, 0.29) is 29.5 Å². The van der Waals surface area contributed by atoms with Crippen molar-refractivity contribution in [2.45, 2.75) is 70.1 Å². The molecule has 6 rings (SSSR count). The van der Waals surface area contributed by atoms with Crippen LogP contribution < -0.4 is 0 Å². The number of aryl methyl sites for hydroxylation is 2. The standard InChI is InChI=1S/C25H26F3N5O/c1-3-14-10-15-23(30-31(2)24(15)13-8-16(26)22(28)17(27)9-13)18-11-19(33(14)18)25(34)20-12-29-21-6-4-5-7-32(20)21/h8-9,12,14,18-19H,3-7,10-11H2,1-2H3/t14?,18-,19?/m1/s1. The molecule has 1 fully saturated rings. The van der Waals surface area contributed by atoms with Gasteiger partial charge in [0.1, 0.15) is 11.5 Å². The number of benzene rings is 1. The zero-order valence-corrected chi connectivity index (χ0v) is 19.2. The van der Waals surface area contributed by atoms with Gasteiger partial charge in [-0.1, -0.05) is 6.92 Å². The van der Waals surface area contributed by atoms with Crippen molar-refractivity contribution in [1.82, 2.24) is 24.2 Å². The van der Waals surface area contributed by atoms with Crippen molar-refractivity contribution in [3.8, 4) is 11.3 Å². The molecule has 5 heterocycles. The Hall–Kier alpha value is -2.94. The summed E-state index contributed by atoms with van der Waals surface area (Å²) in [5.41, 5.74) is 3.33. The van der Waals surface area contributed by atoms with Crippen LogP contribution in [0.5, 0.6) is 0 Å². The van der Waals surface area contributed by atoms with E-state index < -0.39 is 17.5 Å². The van der Waals surface area contributed by atoms with E-state index in [1.165, 1.54) is 0 Å². The minimum atomic E-state index is -1.47. The number of carbonyl (C=O) groups is 1. The molecule has 9 heteroatoms. The summed E-state index contributed by atoms with van der Waals surface area (Å²) in [6.07, 6.45) is 6.88. The number of halogens is 3. The lowest BCUT2D eigenvalue weighted by molar-refractivity contribution is -0.0281. The van der Waals surface area contributed by atoms with Gasteiger partial charge >= 0.3 is 0 Å². The summed E-state index contributed by atoms with van der Waals surface area (Å²) in [7, 11) is 1.73. The third-order valence-electron chi connectivity index (χ3n) is 7.77. The largest absolute Gasteiger partial charge is 0.326 e. The van der Waals surface area contributed by atoms with E-state index in [1.807, 2.05) is 0 Å². The summed E-state index contributed by atoms with van der Waals surface area (Å²) in [6, 6.07) is 1.90. The van der Waals surface area contributed by atoms with Crippen LogP contribution in [0, 0.1) is 17.5 Å². The Morgan fingerprint density at radius 1 is 1.18 bits per heavy atom. The van der Waals surface area contributed by atoms with Crippen molar-refractivity contribution in [2.75, 3.05) is 0 Å². The monoisotopic (exact) mass is 469 g/mol. The number of nitrogens with zero attached hydrogens (tertiary/aromatic N) is 5. The first kappa shape index (κ1) is 21.6. The number of aromatic nitrogens is 4. The number of ketones is 1. The predicted molar refractivity (Wildman–Crippen MR) is 119 cm³/mol. The van der Waals surface area contributed by atoms with Crippen molar-refractivity contribution in [1.29, 1.82) is 0 Å². The van der Waals surface area contributed by atoms with Crippen LogP contribution in [-0.2, 0) is 26.4 Å². The quantitative estimate of drug-likeness (QED) is 0.421. The Balaban J connectivity index is 1.35. The zero-order chi connectivity index (χ0) is 23.7. The first-order chi connectivity index (χ1) is 16.4. The van der Waals surface area contributed by atoms with E-state index in [1.54, 1.807) is 17.9 Å². The average Bonchev–Trinajstić information content (AvgIpc) is 3.37. The fraction of sp³-hybridized carbons (Fsp3) is 0.480. The topological polar surface area (TPSA) is 56.0 Å². The Labute approximate surface area is 195 Å². The molecule has 2 aromatic heterocycles. The van der Waals surface area contributed by atoms with Crippen molar-refractivity contribution in [2.24, 2.45) is 7.05 Å². The molecule has 0 amide bonds. The van der Waals surface area contributed by atoms with Crippen molar-refractivity contribution >= 4 is 5.78 Å². The van der Waals surface area contributed by atoms with Gasteiger partial charge in [-0.2, -0.15) is 5.10 Å². The van der Waals surface area contributed by atoms with Crippen LogP contribution in [0.2, 0.25) is 0 Å². The van der Waals surface area contributed by atoms with Gasteiger partial charge in [0.25, 0.3) is 0 Å². The molecule has 0 spiro atoms. The van der Waals surface area contributed by atoms with Crippen LogP contribution in [0.15, 0.2) is 18.3 Å². The summed E-state index contributed by atoms with van der Waals surface area (Å²) >= 11 is 0. The molecule has 3 atom stereocenters. The molecule has 0 radical (unpaired) electrons. The highest BCUT2D eigenvalue weighted by atomic mass is 19.2. The van der Waals surface area contributed by atoms with Gasteiger partial charge in [0.05, 0.1) is 29.7 Å². The van der Waals surface area contributed by atoms with Crippen LogP contribution in [-0.4, -0.2) is 42.1 Å². The number of rotatable bonds is 4. The number of hydrogen-bond donors (Lipinski definition) is 0. The molecule has 1 aromatic carbocycles. The number of fused-ring (bicyclic) bond motifs is 4. The second-order valence-corrected chi connectivity index (χ2v) is 9.60. The Morgan fingerprint density at radius 2 is 1.94 bits per heavy atom. The fourth-order valence-corrected chi connectivity index (χ4v) is 6.13. The summed E-state index contributed by atoms with van der Waals surface area (Å²) in [4.78, 5) is 20.3. The van der Waals surface area contributed by atoms with Crippen LogP contribution in [0.1, 0.15) is 66.2 Å². The average molecular weight is 470 g/mol. The van der Waals surface area contributed by atoms with Gasteiger partial charge in [-0.15, -0.1) is 0 Å². The van der Waals surface area contributed by atoms with Gasteiger partial charge in [-0.3, -0.25) is 14.4 Å². The third-order valence-corrected chi connectivity index (χ3v) is 7.77. The molecule has 0 N–H and O–H groups in total. The summed E-state index contributed by atoms with van der Waals surface area (Å²) in [5.74, 6) is -2.80. The van der Waals surface area contributed by atoms with E-state index in [0.29, 0.717) is 24.2 Å². The minimum Gasteiger partial charge on any atom is -0.326 e. The molecule has 0 saturated carbocycles. The van der Waals surface area contributed by atoms with E-state index in [4.69, 9.17) is 5.10 Å². The molecule has 3 aliphatic heterocycles.